The van der Waals surface area contributed by atoms with Gasteiger partial charge in [0.1, 0.15) is 0 Å². The first kappa shape index (κ1) is 17.0. The molecule has 0 aromatic heterocycles. The predicted octanol–water partition coefficient (Wildman–Crippen LogP) is 7.48. The van der Waals surface area contributed by atoms with Crippen molar-refractivity contribution in [3.05, 3.63) is 60.2 Å². The summed E-state index contributed by atoms with van der Waals surface area (Å²) in [6.45, 7) is 2.28. The summed E-state index contributed by atoms with van der Waals surface area (Å²) >= 11 is 0. The molecule has 3 aromatic rings. The first-order valence-corrected chi connectivity index (χ1v) is 9.72. The number of rotatable bonds is 9. The van der Waals surface area contributed by atoms with Gasteiger partial charge >= 0.3 is 0 Å². The van der Waals surface area contributed by atoms with E-state index >= 15 is 0 Å². The highest BCUT2D eigenvalue weighted by Gasteiger charge is 2.07. The zero-order valence-electron chi connectivity index (χ0n) is 15.0. The second-order valence-corrected chi connectivity index (χ2v) is 6.92. The summed E-state index contributed by atoms with van der Waals surface area (Å²) in [4.78, 5) is 0. The maximum Gasteiger partial charge on any atom is -0.00141 e. The lowest BCUT2D eigenvalue weighted by atomic mass is 9.93. The van der Waals surface area contributed by atoms with Crippen molar-refractivity contribution >= 4 is 21.5 Å². The van der Waals surface area contributed by atoms with Crippen molar-refractivity contribution in [1.29, 1.82) is 0 Å². The fourth-order valence-corrected chi connectivity index (χ4v) is 3.71. The second kappa shape index (κ2) is 8.87. The van der Waals surface area contributed by atoms with Crippen molar-refractivity contribution in [2.45, 2.75) is 64.7 Å². The molecule has 0 nitrogen and oxygen atoms in total. The van der Waals surface area contributed by atoms with Crippen molar-refractivity contribution in [1.82, 2.24) is 0 Å². The topological polar surface area (TPSA) is 0 Å². The maximum absolute atomic E-state index is 3.58. The Morgan fingerprint density at radius 2 is 1.12 bits per heavy atom. The maximum atomic E-state index is 3.58. The molecule has 0 saturated carbocycles. The van der Waals surface area contributed by atoms with Gasteiger partial charge in [-0.1, -0.05) is 100 Å². The number of unbranched alkanes of at least 4 members (excludes halogenated alkanes) is 7. The van der Waals surface area contributed by atoms with Gasteiger partial charge in [0.15, 0.2) is 0 Å². The monoisotopic (exact) mass is 317 g/mol. The van der Waals surface area contributed by atoms with Crippen molar-refractivity contribution < 1.29 is 0 Å². The largest absolute Gasteiger partial charge is 0.0654 e. The third-order valence-corrected chi connectivity index (χ3v) is 5.05. The average molecular weight is 317 g/mol. The number of hydrogen-bond acceptors (Lipinski definition) is 0. The average Bonchev–Trinajstić information content (AvgIpc) is 2.63. The quantitative estimate of drug-likeness (QED) is 0.283. The van der Waals surface area contributed by atoms with Gasteiger partial charge in [-0.15, -0.1) is 0 Å². The van der Waals surface area contributed by atoms with E-state index in [0.717, 1.165) is 0 Å². The van der Waals surface area contributed by atoms with Crippen LogP contribution in [0.15, 0.2) is 48.5 Å². The summed E-state index contributed by atoms with van der Waals surface area (Å²) in [6, 6.07) is 21.0. The first-order chi connectivity index (χ1) is 11.9. The highest BCUT2D eigenvalue weighted by Crippen LogP contribution is 2.29. The van der Waals surface area contributed by atoms with E-state index in [2.05, 4.69) is 61.5 Å². The van der Waals surface area contributed by atoms with Crippen LogP contribution in [0.3, 0.4) is 0 Å². The fraction of sp³-hybridized carbons (Fsp3) is 0.417. The molecule has 125 valence electrons. The summed E-state index contributed by atoms with van der Waals surface area (Å²) in [6.07, 6.45) is 12.2. The van der Waals surface area contributed by atoms with Gasteiger partial charge in [0.25, 0.3) is 0 Å². The van der Waals surface area contributed by atoms with E-state index in [1.807, 2.05) is 0 Å². The van der Waals surface area contributed by atoms with E-state index in [9.17, 15) is 0 Å². The number of benzene rings is 3. The molecule has 0 heterocycles. The number of hydrogen-bond donors (Lipinski definition) is 0. The highest BCUT2D eigenvalue weighted by atomic mass is 14.1. The molecule has 0 spiro atoms. The summed E-state index contributed by atoms with van der Waals surface area (Å²) in [5, 5.41) is 5.29. The van der Waals surface area contributed by atoms with E-state index in [-0.39, 0.29) is 0 Å². The van der Waals surface area contributed by atoms with Gasteiger partial charge in [0, 0.05) is 0 Å². The molecule has 0 fully saturated rings. The fourth-order valence-electron chi connectivity index (χ4n) is 3.71. The first-order valence-electron chi connectivity index (χ1n) is 9.72. The minimum absolute atomic E-state index is 1.19. The smallest absolute Gasteiger partial charge is 0.00141 e. The van der Waals surface area contributed by atoms with Crippen LogP contribution >= 0.6 is 0 Å². The lowest BCUT2D eigenvalue weighted by molar-refractivity contribution is 0.576. The van der Waals surface area contributed by atoms with Crippen LogP contribution < -0.4 is 0 Å². The standard InChI is InChI=1S/C24H29/c1-2-3-4-5-6-7-8-9-18-24-22-16-12-10-14-20(22)19-21-15-11-13-17-23(21)24/h10-17H,2-9,18H2,1H3. The molecule has 24 heavy (non-hydrogen) atoms. The van der Waals surface area contributed by atoms with E-state index in [0.29, 0.717) is 0 Å². The summed E-state index contributed by atoms with van der Waals surface area (Å²) in [5.74, 6) is 0. The molecule has 0 bridgehead atoms. The minimum Gasteiger partial charge on any atom is -0.0654 e. The Morgan fingerprint density at radius 1 is 0.625 bits per heavy atom. The SMILES string of the molecule is CCCCCCCCCCc1c2ccccc2[c]c2ccccc12. The van der Waals surface area contributed by atoms with Gasteiger partial charge in [-0.2, -0.15) is 0 Å². The lowest BCUT2D eigenvalue weighted by Gasteiger charge is -2.11. The number of fused-ring (bicyclic) bond motifs is 2. The van der Waals surface area contributed by atoms with Crippen LogP contribution in [0, 0.1) is 6.07 Å². The zero-order valence-corrected chi connectivity index (χ0v) is 15.0. The molecule has 0 aliphatic heterocycles. The molecule has 1 radical (unpaired) electrons. The normalized spacial score (nSPS) is 11.4. The third kappa shape index (κ3) is 4.17. The Balaban J connectivity index is 1.66. The molecular formula is C24H29. The molecule has 0 N–H and O–H groups in total. The highest BCUT2D eigenvalue weighted by molar-refractivity contribution is 6.01. The molecule has 3 rings (SSSR count). The van der Waals surface area contributed by atoms with Gasteiger partial charge in [-0.3, -0.25) is 0 Å². The van der Waals surface area contributed by atoms with Crippen LogP contribution in [0.1, 0.15) is 63.9 Å². The van der Waals surface area contributed by atoms with E-state index in [1.165, 1.54) is 84.9 Å². The van der Waals surface area contributed by atoms with Gasteiger partial charge in [-0.25, -0.2) is 0 Å². The summed E-state index contributed by atoms with van der Waals surface area (Å²) < 4.78 is 0. The van der Waals surface area contributed by atoms with Crippen LogP contribution in [0.4, 0.5) is 0 Å². The van der Waals surface area contributed by atoms with Crippen molar-refractivity contribution in [3.63, 3.8) is 0 Å². The molecule has 0 aliphatic rings. The molecule has 0 aliphatic carbocycles. The van der Waals surface area contributed by atoms with Gasteiger partial charge in [-0.05, 0) is 46.0 Å². The second-order valence-electron chi connectivity index (χ2n) is 6.92. The van der Waals surface area contributed by atoms with E-state index < -0.39 is 0 Å². The molecule has 0 saturated heterocycles. The Kier molecular flexibility index (Phi) is 6.29. The van der Waals surface area contributed by atoms with Crippen LogP contribution in [-0.2, 0) is 6.42 Å². The molecule has 3 aromatic carbocycles. The van der Waals surface area contributed by atoms with Crippen LogP contribution in [0.2, 0.25) is 0 Å². The number of aryl methyl sites for hydroxylation is 1. The molecule has 0 heteroatoms. The predicted molar refractivity (Wildman–Crippen MR) is 107 cm³/mol. The Hall–Kier alpha value is -1.82. The molecular weight excluding hydrogens is 288 g/mol. The minimum atomic E-state index is 1.19. The van der Waals surface area contributed by atoms with Crippen LogP contribution in [-0.4, -0.2) is 0 Å². The van der Waals surface area contributed by atoms with Crippen LogP contribution in [0.5, 0.6) is 0 Å². The molecule has 0 amide bonds. The Morgan fingerprint density at radius 3 is 1.71 bits per heavy atom. The molecule has 0 unspecified atom stereocenters. The van der Waals surface area contributed by atoms with E-state index in [4.69, 9.17) is 0 Å². The van der Waals surface area contributed by atoms with Gasteiger partial charge in [0.2, 0.25) is 0 Å². The van der Waals surface area contributed by atoms with Crippen molar-refractivity contribution in [2.75, 3.05) is 0 Å². The third-order valence-electron chi connectivity index (χ3n) is 5.05. The van der Waals surface area contributed by atoms with Crippen molar-refractivity contribution in [2.24, 2.45) is 0 Å². The zero-order chi connectivity index (χ0) is 16.6. The van der Waals surface area contributed by atoms with E-state index in [1.54, 1.807) is 0 Å². The summed E-state index contributed by atoms with van der Waals surface area (Å²) in [7, 11) is 0. The van der Waals surface area contributed by atoms with Gasteiger partial charge < -0.3 is 0 Å². The Labute approximate surface area is 146 Å². The van der Waals surface area contributed by atoms with Gasteiger partial charge in [0.05, 0.1) is 0 Å². The van der Waals surface area contributed by atoms with Crippen LogP contribution in [0.25, 0.3) is 21.5 Å². The van der Waals surface area contributed by atoms with Crippen molar-refractivity contribution in [3.8, 4) is 0 Å². The lowest BCUT2D eigenvalue weighted by Crippen LogP contribution is -1.91. The molecule has 0 atom stereocenters. The Bertz CT molecular complexity index is 715. The summed E-state index contributed by atoms with van der Waals surface area (Å²) in [5.41, 5.74) is 1.52.